The van der Waals surface area contributed by atoms with Crippen LogP contribution in [-0.2, 0) is 0 Å². The Morgan fingerprint density at radius 3 is 2.32 bits per heavy atom. The highest BCUT2D eigenvalue weighted by atomic mass is 16.3. The monoisotopic (exact) mass is 255 g/mol. The van der Waals surface area contributed by atoms with Crippen LogP contribution in [-0.4, -0.2) is 11.0 Å². The van der Waals surface area contributed by atoms with Gasteiger partial charge in [-0.2, -0.15) is 0 Å². The van der Waals surface area contributed by atoms with E-state index >= 15 is 0 Å². The zero-order chi connectivity index (χ0) is 14.0. The van der Waals surface area contributed by atoms with Crippen molar-refractivity contribution in [1.82, 2.24) is 0 Å². The Morgan fingerprint density at radius 1 is 1.05 bits per heavy atom. The molecule has 19 heavy (non-hydrogen) atoms. The molecule has 0 aliphatic heterocycles. The standard InChI is InChI=1S/C16H17NO2/c1-10-7-11(2)9-13(8-10)16(19)17-14-5-4-6-15(18)12(14)3/h4-9,18H,1-3H3,(H,17,19). The number of phenolic OH excluding ortho intramolecular Hbond substituents is 1. The Kier molecular flexibility index (Phi) is 3.56. The van der Waals surface area contributed by atoms with Crippen molar-refractivity contribution < 1.29 is 9.90 Å². The molecule has 1 amide bonds. The van der Waals surface area contributed by atoms with E-state index in [1.807, 2.05) is 32.0 Å². The van der Waals surface area contributed by atoms with E-state index in [1.165, 1.54) is 0 Å². The lowest BCUT2D eigenvalue weighted by atomic mass is 10.1. The molecule has 3 heteroatoms. The van der Waals surface area contributed by atoms with Crippen molar-refractivity contribution in [2.24, 2.45) is 0 Å². The summed E-state index contributed by atoms with van der Waals surface area (Å²) in [4.78, 5) is 12.2. The molecule has 0 unspecified atom stereocenters. The van der Waals surface area contributed by atoms with Gasteiger partial charge in [-0.3, -0.25) is 4.79 Å². The molecule has 0 aromatic heterocycles. The van der Waals surface area contributed by atoms with Crippen LogP contribution in [0.2, 0.25) is 0 Å². The fourth-order valence-electron chi connectivity index (χ4n) is 2.06. The summed E-state index contributed by atoms with van der Waals surface area (Å²) < 4.78 is 0. The van der Waals surface area contributed by atoms with E-state index < -0.39 is 0 Å². The van der Waals surface area contributed by atoms with Gasteiger partial charge in [0.25, 0.3) is 5.91 Å². The highest BCUT2D eigenvalue weighted by molar-refractivity contribution is 6.05. The van der Waals surface area contributed by atoms with Gasteiger partial charge in [0.2, 0.25) is 0 Å². The first-order chi connectivity index (χ1) is 8.97. The lowest BCUT2D eigenvalue weighted by Gasteiger charge is -2.10. The third-order valence-electron chi connectivity index (χ3n) is 3.04. The van der Waals surface area contributed by atoms with Gasteiger partial charge < -0.3 is 10.4 Å². The summed E-state index contributed by atoms with van der Waals surface area (Å²) in [7, 11) is 0. The maximum absolute atomic E-state index is 12.2. The molecular formula is C16H17NO2. The molecule has 0 saturated carbocycles. The minimum atomic E-state index is -0.166. The third kappa shape index (κ3) is 2.94. The second-order valence-corrected chi connectivity index (χ2v) is 4.78. The summed E-state index contributed by atoms with van der Waals surface area (Å²) in [5, 5.41) is 12.4. The van der Waals surface area contributed by atoms with Crippen LogP contribution in [0, 0.1) is 20.8 Å². The molecular weight excluding hydrogens is 238 g/mol. The number of amides is 1. The summed E-state index contributed by atoms with van der Waals surface area (Å²) in [6.45, 7) is 5.69. The molecule has 0 atom stereocenters. The first-order valence-electron chi connectivity index (χ1n) is 6.15. The molecule has 0 fully saturated rings. The van der Waals surface area contributed by atoms with Crippen LogP contribution in [0.4, 0.5) is 5.69 Å². The van der Waals surface area contributed by atoms with Gasteiger partial charge in [-0.1, -0.05) is 23.3 Å². The number of phenols is 1. The van der Waals surface area contributed by atoms with Crippen molar-refractivity contribution in [3.05, 3.63) is 58.7 Å². The molecule has 3 nitrogen and oxygen atoms in total. The number of hydrogen-bond acceptors (Lipinski definition) is 2. The lowest BCUT2D eigenvalue weighted by molar-refractivity contribution is 0.102. The highest BCUT2D eigenvalue weighted by Gasteiger charge is 2.10. The van der Waals surface area contributed by atoms with Crippen LogP contribution < -0.4 is 5.32 Å². The first-order valence-corrected chi connectivity index (χ1v) is 6.15. The number of aryl methyl sites for hydroxylation is 2. The maximum atomic E-state index is 12.2. The number of carbonyl (C=O) groups excluding carboxylic acids is 1. The largest absolute Gasteiger partial charge is 0.508 e. The molecule has 0 radical (unpaired) electrons. The Labute approximate surface area is 112 Å². The molecule has 0 saturated heterocycles. The van der Waals surface area contributed by atoms with E-state index in [0.29, 0.717) is 16.8 Å². The zero-order valence-electron chi connectivity index (χ0n) is 11.3. The zero-order valence-corrected chi connectivity index (χ0v) is 11.3. The Hall–Kier alpha value is -2.29. The number of nitrogens with one attached hydrogen (secondary N) is 1. The molecule has 98 valence electrons. The van der Waals surface area contributed by atoms with Gasteiger partial charge in [-0.25, -0.2) is 0 Å². The van der Waals surface area contributed by atoms with Crippen LogP contribution in [0.15, 0.2) is 36.4 Å². The van der Waals surface area contributed by atoms with Crippen molar-refractivity contribution in [2.75, 3.05) is 5.32 Å². The van der Waals surface area contributed by atoms with Crippen molar-refractivity contribution >= 4 is 11.6 Å². The summed E-state index contributed by atoms with van der Waals surface area (Å²) >= 11 is 0. The minimum absolute atomic E-state index is 0.166. The van der Waals surface area contributed by atoms with E-state index in [2.05, 4.69) is 5.32 Å². The predicted molar refractivity (Wildman–Crippen MR) is 76.7 cm³/mol. The second-order valence-electron chi connectivity index (χ2n) is 4.78. The van der Waals surface area contributed by atoms with Crippen LogP contribution in [0.1, 0.15) is 27.0 Å². The molecule has 0 heterocycles. The van der Waals surface area contributed by atoms with Gasteiger partial charge in [0.15, 0.2) is 0 Å². The fourth-order valence-corrected chi connectivity index (χ4v) is 2.06. The van der Waals surface area contributed by atoms with Crippen LogP contribution in [0.3, 0.4) is 0 Å². The topological polar surface area (TPSA) is 49.3 Å². The summed E-state index contributed by atoms with van der Waals surface area (Å²) in [6, 6.07) is 10.8. The molecule has 2 rings (SSSR count). The van der Waals surface area contributed by atoms with Gasteiger partial charge in [0, 0.05) is 16.8 Å². The van der Waals surface area contributed by atoms with Gasteiger partial charge >= 0.3 is 0 Å². The van der Waals surface area contributed by atoms with Gasteiger partial charge in [-0.05, 0) is 45.0 Å². The van der Waals surface area contributed by atoms with E-state index in [-0.39, 0.29) is 11.7 Å². The Bertz CT molecular complexity index is 612. The first kappa shape index (κ1) is 13.1. The van der Waals surface area contributed by atoms with Crippen molar-refractivity contribution in [3.63, 3.8) is 0 Å². The number of carbonyl (C=O) groups is 1. The Balaban J connectivity index is 2.28. The molecule has 0 bridgehead atoms. The van der Waals surface area contributed by atoms with Crippen molar-refractivity contribution in [3.8, 4) is 5.75 Å². The number of rotatable bonds is 2. The average molecular weight is 255 g/mol. The molecule has 0 aliphatic carbocycles. The molecule has 0 aliphatic rings. The van der Waals surface area contributed by atoms with E-state index in [0.717, 1.165) is 11.1 Å². The van der Waals surface area contributed by atoms with Crippen molar-refractivity contribution in [2.45, 2.75) is 20.8 Å². The van der Waals surface area contributed by atoms with E-state index in [4.69, 9.17) is 0 Å². The van der Waals surface area contributed by atoms with Crippen LogP contribution in [0.5, 0.6) is 5.75 Å². The predicted octanol–water partition coefficient (Wildman–Crippen LogP) is 3.57. The number of anilines is 1. The van der Waals surface area contributed by atoms with Crippen LogP contribution >= 0.6 is 0 Å². The quantitative estimate of drug-likeness (QED) is 0.861. The van der Waals surface area contributed by atoms with E-state index in [9.17, 15) is 9.90 Å². The van der Waals surface area contributed by atoms with E-state index in [1.54, 1.807) is 25.1 Å². The summed E-state index contributed by atoms with van der Waals surface area (Å²) in [5.74, 6) is 0.0127. The molecule has 2 aromatic carbocycles. The number of benzene rings is 2. The smallest absolute Gasteiger partial charge is 0.255 e. The highest BCUT2D eigenvalue weighted by Crippen LogP contribution is 2.24. The second kappa shape index (κ2) is 5.14. The number of aromatic hydroxyl groups is 1. The van der Waals surface area contributed by atoms with Crippen LogP contribution in [0.25, 0.3) is 0 Å². The van der Waals surface area contributed by atoms with Crippen molar-refractivity contribution in [1.29, 1.82) is 0 Å². The SMILES string of the molecule is Cc1cc(C)cc(C(=O)Nc2cccc(O)c2C)c1. The summed E-state index contributed by atoms with van der Waals surface area (Å²) in [5.41, 5.74) is 4.03. The Morgan fingerprint density at radius 2 is 1.68 bits per heavy atom. The molecule has 0 spiro atoms. The fraction of sp³-hybridized carbons (Fsp3) is 0.188. The molecule has 2 N–H and O–H groups in total. The summed E-state index contributed by atoms with van der Waals surface area (Å²) in [6.07, 6.45) is 0. The average Bonchev–Trinajstić information content (AvgIpc) is 2.33. The normalized spacial score (nSPS) is 10.3. The number of hydrogen-bond donors (Lipinski definition) is 2. The third-order valence-corrected chi connectivity index (χ3v) is 3.04. The molecule has 2 aromatic rings. The van der Waals surface area contributed by atoms with Gasteiger partial charge in [0.05, 0.1) is 0 Å². The lowest BCUT2D eigenvalue weighted by Crippen LogP contribution is -2.13. The maximum Gasteiger partial charge on any atom is 0.255 e. The van der Waals surface area contributed by atoms with Gasteiger partial charge in [-0.15, -0.1) is 0 Å². The minimum Gasteiger partial charge on any atom is -0.508 e. The van der Waals surface area contributed by atoms with Gasteiger partial charge in [0.1, 0.15) is 5.75 Å².